The van der Waals surface area contributed by atoms with E-state index in [-0.39, 0.29) is 49.8 Å². The molecular weight excluding hydrogens is 862 g/mol. The van der Waals surface area contributed by atoms with E-state index in [9.17, 15) is 53.0 Å². The van der Waals surface area contributed by atoms with Crippen LogP contribution in [-0.4, -0.2) is 95.1 Å². The van der Waals surface area contributed by atoms with E-state index in [4.69, 9.17) is 0 Å². The van der Waals surface area contributed by atoms with Crippen molar-refractivity contribution in [2.75, 3.05) is 6.54 Å². The van der Waals surface area contributed by atoms with Crippen LogP contribution in [0.4, 0.5) is 0 Å². The Balaban J connectivity index is 1.98. The molecule has 20 heteroatoms. The number of nitrogens with zero attached hydrogens (tertiary/aromatic N) is 1. The van der Waals surface area contributed by atoms with E-state index in [2.05, 4.69) is 36.8 Å². The lowest BCUT2D eigenvalue weighted by Crippen LogP contribution is -2.71. The van der Waals surface area contributed by atoms with E-state index in [1.807, 2.05) is 20.8 Å². The molecule has 3 rings (SSSR count). The van der Waals surface area contributed by atoms with Gasteiger partial charge in [-0.2, -0.15) is 0 Å². The average Bonchev–Trinajstić information content (AvgIpc) is 3.73. The summed E-state index contributed by atoms with van der Waals surface area (Å²) in [5, 5.41) is 25.4. The zero-order valence-corrected chi connectivity index (χ0v) is 39.4. The van der Waals surface area contributed by atoms with Gasteiger partial charge in [-0.25, -0.2) is 0 Å². The molecule has 0 radical (unpaired) electrons. The van der Waals surface area contributed by atoms with Crippen LogP contribution in [0.2, 0.25) is 0 Å². The summed E-state index contributed by atoms with van der Waals surface area (Å²) in [5.74, 6) is -6.81. The highest BCUT2D eigenvalue weighted by molar-refractivity contribution is 7.43. The first-order valence-corrected chi connectivity index (χ1v) is 23.6. The number of carboxylic acid groups (broad SMARTS) is 1. The maximum Gasteiger partial charge on any atom is 0.279 e. The van der Waals surface area contributed by atoms with E-state index < -0.39 is 103 Å². The fourth-order valence-corrected chi connectivity index (χ4v) is 7.70. The smallest absolute Gasteiger partial charge is 0.279 e. The van der Waals surface area contributed by atoms with Crippen molar-refractivity contribution < 1.29 is 63.3 Å². The zero-order chi connectivity index (χ0) is 48.8. The van der Waals surface area contributed by atoms with Crippen molar-refractivity contribution in [3.63, 3.8) is 0 Å². The van der Waals surface area contributed by atoms with Crippen LogP contribution in [-0.2, 0) is 51.0 Å². The van der Waals surface area contributed by atoms with Gasteiger partial charge in [0.1, 0.15) is 43.8 Å². The number of rotatable bonds is 24. The molecule has 8 N–H and O–H groups in total. The highest BCUT2D eigenvalue weighted by Gasteiger charge is 2.41. The third kappa shape index (κ3) is 16.9. The molecule has 1 heterocycles. The quantitative estimate of drug-likeness (QED) is 0.0681. The van der Waals surface area contributed by atoms with Gasteiger partial charge in [0.15, 0.2) is 6.04 Å². The Kier molecular flexibility index (Phi) is 20.6. The summed E-state index contributed by atoms with van der Waals surface area (Å²) in [6, 6.07) is 5.95. The Morgan fingerprint density at radius 3 is 1.77 bits per heavy atom. The second-order valence-corrected chi connectivity index (χ2v) is 18.9. The maximum absolute atomic E-state index is 14.5. The number of quaternary nitrogens is 1. The number of hydrogen-bond donors (Lipinski definition) is 6. The molecule has 1 fully saturated rings. The number of aliphatic carboxylic acids is 1. The predicted molar refractivity (Wildman–Crippen MR) is 233 cm³/mol. The largest absolute Gasteiger partial charge is 0.780 e. The van der Waals surface area contributed by atoms with Gasteiger partial charge in [0, 0.05) is 25.3 Å². The van der Waals surface area contributed by atoms with Gasteiger partial charge in [-0.05, 0) is 60.3 Å². The molecule has 0 saturated carbocycles. The molecule has 360 valence electrons. The van der Waals surface area contributed by atoms with Gasteiger partial charge in [0.05, 0.1) is 12.0 Å². The second-order valence-electron chi connectivity index (χ2n) is 17.9. The van der Waals surface area contributed by atoms with Gasteiger partial charge >= 0.3 is 0 Å². The molecule has 0 aliphatic carbocycles. The van der Waals surface area contributed by atoms with E-state index in [1.54, 1.807) is 65.0 Å². The molecule has 65 heavy (non-hydrogen) atoms. The van der Waals surface area contributed by atoms with Crippen molar-refractivity contribution >= 4 is 49.2 Å². The number of likely N-dealkylation sites (tertiary alicyclic amines) is 1. The van der Waals surface area contributed by atoms with Crippen molar-refractivity contribution in [1.29, 1.82) is 0 Å². The fraction of sp³-hybridized carbons (Fsp3) is 0.578. The number of phosphoric ester groups is 1. The number of carboxylic acids is 1. The Bertz CT molecular complexity index is 2000. The van der Waals surface area contributed by atoms with Crippen LogP contribution in [0.5, 0.6) is 5.75 Å². The molecule has 8 atom stereocenters. The number of nitrogens with one attached hydrogen (secondary N) is 5. The summed E-state index contributed by atoms with van der Waals surface area (Å²) < 4.78 is 15.7. The first-order chi connectivity index (χ1) is 30.4. The maximum atomic E-state index is 14.5. The molecule has 0 bridgehead atoms. The molecule has 19 nitrogen and oxygen atoms in total. The lowest BCUT2D eigenvalue weighted by Gasteiger charge is -2.33. The minimum Gasteiger partial charge on any atom is -0.780 e. The van der Waals surface area contributed by atoms with Crippen LogP contribution < -0.4 is 51.7 Å². The predicted octanol–water partition coefficient (Wildman–Crippen LogP) is -1.14. The van der Waals surface area contributed by atoms with E-state index in [0.29, 0.717) is 24.0 Å². The third-order valence-corrected chi connectivity index (χ3v) is 11.9. The summed E-state index contributed by atoms with van der Waals surface area (Å²) in [6.07, 6.45) is 1.04. The van der Waals surface area contributed by atoms with Crippen LogP contribution in [0.15, 0.2) is 54.6 Å². The van der Waals surface area contributed by atoms with Crippen molar-refractivity contribution in [1.82, 2.24) is 31.5 Å². The zero-order valence-electron chi connectivity index (χ0n) is 38.5. The van der Waals surface area contributed by atoms with Crippen LogP contribution in [0.25, 0.3) is 0 Å². The molecule has 1 aliphatic rings. The first-order valence-electron chi connectivity index (χ1n) is 22.1. The minimum atomic E-state index is -5.38. The molecule has 0 unspecified atom stereocenters. The van der Waals surface area contributed by atoms with Gasteiger partial charge in [-0.15, -0.1) is 0 Å². The molecule has 2 aromatic rings. The summed E-state index contributed by atoms with van der Waals surface area (Å²) >= 11 is 0. The van der Waals surface area contributed by atoms with Gasteiger partial charge in [-0.1, -0.05) is 104 Å². The topological polar surface area (TPSA) is 306 Å². The number of carbonyl (C=O) groups excluding carboxylic acids is 7. The van der Waals surface area contributed by atoms with Crippen LogP contribution in [0.1, 0.15) is 92.2 Å². The summed E-state index contributed by atoms with van der Waals surface area (Å²) in [5.41, 5.74) is 4.94. The first kappa shape index (κ1) is 54.0. The second kappa shape index (κ2) is 24.8. The normalized spacial score (nSPS) is 17.3. The molecular formula is C45H66N7O12P-2. The van der Waals surface area contributed by atoms with Crippen molar-refractivity contribution in [2.45, 2.75) is 136 Å². The summed E-state index contributed by atoms with van der Waals surface area (Å²) in [4.78, 5) is 119. The van der Waals surface area contributed by atoms with Gasteiger partial charge in [0.25, 0.3) is 5.91 Å². The number of amides is 6. The molecule has 1 saturated heterocycles. The van der Waals surface area contributed by atoms with E-state index >= 15 is 0 Å². The van der Waals surface area contributed by atoms with Gasteiger partial charge in [0.2, 0.25) is 29.5 Å². The van der Waals surface area contributed by atoms with Crippen molar-refractivity contribution in [3.8, 4) is 5.75 Å². The Labute approximate surface area is 381 Å². The molecule has 0 spiro atoms. The third-order valence-electron chi connectivity index (χ3n) is 11.4. The SMILES string of the molecule is CC[C@H](C)[C@H](NC(=O)[C@@H]([NH3+])C(C)C)C(=O)N[C@@H](Cc1ccc(OP(=O)([O-])[O-])cc1)C(=O)N[C@@H](Cc1ccccc1)C(=O)N[C@H](C(=O)N1CCC[C@H]1C(=O)N[C@@H](CC(C)C)C(=O)[O-])C(C)C. The highest BCUT2D eigenvalue weighted by Crippen LogP contribution is 2.29. The van der Waals surface area contributed by atoms with Crippen LogP contribution in [0, 0.1) is 23.7 Å². The minimum absolute atomic E-state index is 0.0601. The summed E-state index contributed by atoms with van der Waals surface area (Å²) in [6.45, 7) is 14.4. The van der Waals surface area contributed by atoms with Crippen LogP contribution in [0.3, 0.4) is 0 Å². The Morgan fingerprint density at radius 1 is 0.723 bits per heavy atom. The number of carbonyl (C=O) groups is 7. The molecule has 2 aromatic carbocycles. The lowest BCUT2D eigenvalue weighted by molar-refractivity contribution is -0.414. The molecule has 1 aliphatic heterocycles. The number of benzene rings is 2. The van der Waals surface area contributed by atoms with Crippen molar-refractivity contribution in [2.24, 2.45) is 23.7 Å². The lowest BCUT2D eigenvalue weighted by atomic mass is 9.95. The fourth-order valence-electron chi connectivity index (χ4n) is 7.32. The van der Waals surface area contributed by atoms with Crippen molar-refractivity contribution in [3.05, 3.63) is 65.7 Å². The standard InChI is InChI=1S/C45H68N7O12P/c1-9-28(8)38(51-42(56)36(46)26(4)5)43(57)48-32(24-30-17-19-31(20-18-30)64-65(61,62)63)39(53)47-33(23-29-14-11-10-12-15-29)40(54)50-37(27(6)7)44(58)52-21-13-16-35(52)41(55)49-34(45(59)60)22-25(2)3/h10-12,14-15,17-20,25-28,32-38H,9,13,16,21-24,46H2,1-8H3,(H,47,53)(H,48,57)(H,49,55)(H,50,54)(H,51,56)(H,59,60)(H2,61,62,63)/p-2/t28-,32-,33-,34-,35-,36-,37-,38-/m0/s1. The Morgan fingerprint density at radius 2 is 1.26 bits per heavy atom. The monoisotopic (exact) mass is 927 g/mol. The van der Waals surface area contributed by atoms with Gasteiger partial charge < -0.3 is 66.0 Å². The summed E-state index contributed by atoms with van der Waals surface area (Å²) in [7, 11) is -5.38. The Hall–Kier alpha value is -5.36. The molecule has 0 aromatic heterocycles. The number of hydrogen-bond acceptors (Lipinski definition) is 12. The van der Waals surface area contributed by atoms with Gasteiger partial charge in [-0.3, -0.25) is 28.8 Å². The average molecular weight is 928 g/mol. The van der Waals surface area contributed by atoms with E-state index in [1.165, 1.54) is 29.2 Å². The number of phosphoric acid groups is 1. The van der Waals surface area contributed by atoms with Crippen LogP contribution >= 0.6 is 7.82 Å². The van der Waals surface area contributed by atoms with E-state index in [0.717, 1.165) is 0 Å². The molecule has 6 amide bonds. The highest BCUT2D eigenvalue weighted by atomic mass is 31.2.